The lowest BCUT2D eigenvalue weighted by Crippen LogP contribution is -2.39. The second kappa shape index (κ2) is 5.28. The maximum absolute atomic E-state index is 12.3. The summed E-state index contributed by atoms with van der Waals surface area (Å²) in [6, 6.07) is 6.79. The molecule has 18 heavy (non-hydrogen) atoms. The minimum Gasteiger partial charge on any atom is -0.393 e. The highest BCUT2D eigenvalue weighted by molar-refractivity contribution is 9.10. The van der Waals surface area contributed by atoms with Gasteiger partial charge in [-0.15, -0.1) is 0 Å². The smallest absolute Gasteiger partial charge is 0.243 e. The Morgan fingerprint density at radius 3 is 2.56 bits per heavy atom. The zero-order valence-electron chi connectivity index (χ0n) is 10.1. The summed E-state index contributed by atoms with van der Waals surface area (Å²) < 4.78 is 26.6. The molecule has 0 heterocycles. The molecule has 0 spiro atoms. The van der Waals surface area contributed by atoms with E-state index in [0.717, 1.165) is 0 Å². The topological polar surface area (TPSA) is 57.6 Å². The van der Waals surface area contributed by atoms with Gasteiger partial charge in [0.1, 0.15) is 0 Å². The molecular weight excluding hydrogens is 318 g/mol. The van der Waals surface area contributed by atoms with Gasteiger partial charge in [0.2, 0.25) is 10.0 Å². The van der Waals surface area contributed by atoms with Crippen molar-refractivity contribution in [2.45, 2.75) is 23.8 Å². The third-order valence-electron chi connectivity index (χ3n) is 3.25. The maximum atomic E-state index is 12.3. The van der Waals surface area contributed by atoms with Crippen LogP contribution in [0.5, 0.6) is 0 Å². The highest BCUT2D eigenvalue weighted by Gasteiger charge is 2.32. The van der Waals surface area contributed by atoms with Crippen molar-refractivity contribution >= 4 is 26.0 Å². The monoisotopic (exact) mass is 333 g/mol. The first kappa shape index (κ1) is 14.0. The van der Waals surface area contributed by atoms with Gasteiger partial charge in [-0.25, -0.2) is 12.7 Å². The fourth-order valence-corrected chi connectivity index (χ4v) is 4.34. The molecule has 1 N–H and O–H groups in total. The van der Waals surface area contributed by atoms with E-state index < -0.39 is 10.0 Å². The van der Waals surface area contributed by atoms with E-state index in [-0.39, 0.29) is 16.9 Å². The number of hydrogen-bond donors (Lipinski definition) is 1. The fraction of sp³-hybridized carbons (Fsp3) is 0.500. The predicted molar refractivity (Wildman–Crippen MR) is 72.7 cm³/mol. The van der Waals surface area contributed by atoms with E-state index in [4.69, 9.17) is 0 Å². The Balaban J connectivity index is 2.13. The van der Waals surface area contributed by atoms with Crippen LogP contribution < -0.4 is 0 Å². The highest BCUT2D eigenvalue weighted by Crippen LogP contribution is 2.30. The quantitative estimate of drug-likeness (QED) is 0.914. The van der Waals surface area contributed by atoms with Gasteiger partial charge in [0.05, 0.1) is 11.0 Å². The van der Waals surface area contributed by atoms with Gasteiger partial charge in [0, 0.05) is 18.1 Å². The molecule has 0 radical (unpaired) electrons. The van der Waals surface area contributed by atoms with Crippen LogP contribution in [0.3, 0.4) is 0 Å². The van der Waals surface area contributed by atoms with Crippen LogP contribution in [0.25, 0.3) is 0 Å². The van der Waals surface area contributed by atoms with Crippen molar-refractivity contribution in [2.24, 2.45) is 5.92 Å². The number of rotatable bonds is 4. The van der Waals surface area contributed by atoms with Crippen LogP contribution >= 0.6 is 15.9 Å². The normalized spacial score (nSPS) is 24.0. The van der Waals surface area contributed by atoms with Crippen LogP contribution in [0.1, 0.15) is 12.8 Å². The van der Waals surface area contributed by atoms with Crippen LogP contribution in [0.4, 0.5) is 0 Å². The molecule has 2 rings (SSSR count). The molecule has 0 aromatic heterocycles. The van der Waals surface area contributed by atoms with Crippen molar-refractivity contribution < 1.29 is 13.5 Å². The molecular formula is C12H16BrNO3S. The minimum atomic E-state index is -3.45. The van der Waals surface area contributed by atoms with Crippen LogP contribution in [0, 0.1) is 5.92 Å². The number of hydrogen-bond acceptors (Lipinski definition) is 3. The largest absolute Gasteiger partial charge is 0.393 e. The fourth-order valence-electron chi connectivity index (χ4n) is 2.13. The zero-order chi connectivity index (χ0) is 13.3. The van der Waals surface area contributed by atoms with Crippen molar-refractivity contribution in [3.05, 3.63) is 28.7 Å². The van der Waals surface area contributed by atoms with E-state index in [2.05, 4.69) is 15.9 Å². The molecule has 0 saturated heterocycles. The van der Waals surface area contributed by atoms with Gasteiger partial charge in [-0.3, -0.25) is 0 Å². The SMILES string of the molecule is CN(CC1CC(O)C1)S(=O)(=O)c1ccccc1Br. The van der Waals surface area contributed by atoms with E-state index in [9.17, 15) is 13.5 Å². The van der Waals surface area contributed by atoms with Gasteiger partial charge in [0.15, 0.2) is 0 Å². The number of benzene rings is 1. The summed E-state index contributed by atoms with van der Waals surface area (Å²) in [7, 11) is -1.87. The van der Waals surface area contributed by atoms with Crippen molar-refractivity contribution in [3.8, 4) is 0 Å². The number of aliphatic hydroxyl groups excluding tert-OH is 1. The van der Waals surface area contributed by atoms with Gasteiger partial charge in [0.25, 0.3) is 0 Å². The summed E-state index contributed by atoms with van der Waals surface area (Å²) in [6.45, 7) is 0.459. The van der Waals surface area contributed by atoms with Gasteiger partial charge >= 0.3 is 0 Å². The molecule has 1 aromatic carbocycles. The Morgan fingerprint density at radius 2 is 2.00 bits per heavy atom. The molecule has 0 atom stereocenters. The van der Waals surface area contributed by atoms with Crippen LogP contribution in [-0.2, 0) is 10.0 Å². The average Bonchev–Trinajstić information content (AvgIpc) is 2.27. The van der Waals surface area contributed by atoms with Crippen LogP contribution in [0.15, 0.2) is 33.6 Å². The Hall–Kier alpha value is -0.430. The number of halogens is 1. The number of sulfonamides is 1. The third-order valence-corrected chi connectivity index (χ3v) is 6.09. The molecule has 0 bridgehead atoms. The molecule has 100 valence electrons. The molecule has 0 aliphatic heterocycles. The highest BCUT2D eigenvalue weighted by atomic mass is 79.9. The molecule has 1 aliphatic rings. The standard InChI is InChI=1S/C12H16BrNO3S/c1-14(8-9-6-10(15)7-9)18(16,17)12-5-3-2-4-11(12)13/h2-5,9-10,15H,6-8H2,1H3. The van der Waals surface area contributed by atoms with Crippen molar-refractivity contribution in [2.75, 3.05) is 13.6 Å². The lowest BCUT2D eigenvalue weighted by atomic mass is 9.82. The van der Waals surface area contributed by atoms with Gasteiger partial charge < -0.3 is 5.11 Å². The summed E-state index contributed by atoms with van der Waals surface area (Å²) >= 11 is 3.26. The zero-order valence-corrected chi connectivity index (χ0v) is 12.5. The maximum Gasteiger partial charge on any atom is 0.243 e. The lowest BCUT2D eigenvalue weighted by molar-refractivity contribution is 0.0367. The van der Waals surface area contributed by atoms with E-state index in [1.165, 1.54) is 4.31 Å². The molecule has 0 amide bonds. The summed E-state index contributed by atoms with van der Waals surface area (Å²) in [5, 5.41) is 9.22. The first-order valence-corrected chi connectivity index (χ1v) is 8.03. The number of aliphatic hydroxyl groups is 1. The Labute approximate surface area is 116 Å². The van der Waals surface area contributed by atoms with Gasteiger partial charge in [-0.1, -0.05) is 12.1 Å². The molecule has 1 saturated carbocycles. The molecule has 1 aromatic rings. The Morgan fingerprint density at radius 1 is 1.39 bits per heavy atom. The Kier molecular flexibility index (Phi) is 4.11. The molecule has 1 aliphatic carbocycles. The number of nitrogens with zero attached hydrogens (tertiary/aromatic N) is 1. The van der Waals surface area contributed by atoms with E-state index in [1.54, 1.807) is 31.3 Å². The summed E-state index contributed by atoms with van der Waals surface area (Å²) in [4.78, 5) is 0.285. The summed E-state index contributed by atoms with van der Waals surface area (Å²) in [6.07, 6.45) is 1.13. The van der Waals surface area contributed by atoms with Gasteiger partial charge in [-0.05, 0) is 46.8 Å². The molecule has 4 nitrogen and oxygen atoms in total. The van der Waals surface area contributed by atoms with Crippen molar-refractivity contribution in [1.82, 2.24) is 4.31 Å². The average molecular weight is 334 g/mol. The molecule has 6 heteroatoms. The van der Waals surface area contributed by atoms with Crippen molar-refractivity contribution in [3.63, 3.8) is 0 Å². The lowest BCUT2D eigenvalue weighted by Gasteiger charge is -2.34. The Bertz CT molecular complexity index is 526. The van der Waals surface area contributed by atoms with E-state index in [1.807, 2.05) is 0 Å². The van der Waals surface area contributed by atoms with Crippen molar-refractivity contribution in [1.29, 1.82) is 0 Å². The molecule has 0 unspecified atom stereocenters. The van der Waals surface area contributed by atoms with Gasteiger partial charge in [-0.2, -0.15) is 0 Å². The first-order chi connectivity index (χ1) is 8.41. The molecule has 1 fully saturated rings. The van der Waals surface area contributed by atoms with E-state index in [0.29, 0.717) is 23.9 Å². The summed E-state index contributed by atoms with van der Waals surface area (Å²) in [5.41, 5.74) is 0. The second-order valence-electron chi connectivity index (χ2n) is 4.71. The third kappa shape index (κ3) is 2.77. The minimum absolute atomic E-state index is 0.255. The second-order valence-corrected chi connectivity index (χ2v) is 7.57. The van der Waals surface area contributed by atoms with Crippen LogP contribution in [0.2, 0.25) is 0 Å². The predicted octanol–water partition coefficient (Wildman–Crippen LogP) is 1.84. The first-order valence-electron chi connectivity index (χ1n) is 5.80. The van der Waals surface area contributed by atoms with Crippen LogP contribution in [-0.4, -0.2) is 37.5 Å². The van der Waals surface area contributed by atoms with E-state index >= 15 is 0 Å². The summed E-state index contributed by atoms with van der Waals surface area (Å²) in [5.74, 6) is 0.266.